The summed E-state index contributed by atoms with van der Waals surface area (Å²) >= 11 is 1.07. The fourth-order valence-electron chi connectivity index (χ4n) is 4.11. The van der Waals surface area contributed by atoms with Crippen LogP contribution in [0.1, 0.15) is 22.6 Å². The SMILES string of the molecule is Cc1cc(OCc2ccc(-c3nc4c5sc6nc(C(F)(F)F)cc(C)c6c5ncn4n3)o2)ccc1[N+](=O)[O-]. The van der Waals surface area contributed by atoms with E-state index in [1.807, 2.05) is 0 Å². The third-order valence-electron chi connectivity index (χ3n) is 5.88. The predicted octanol–water partition coefficient (Wildman–Crippen LogP) is 6.27. The van der Waals surface area contributed by atoms with Gasteiger partial charge in [0.05, 0.1) is 10.4 Å². The summed E-state index contributed by atoms with van der Waals surface area (Å²) in [6.45, 7) is 3.29. The van der Waals surface area contributed by atoms with Gasteiger partial charge in [0, 0.05) is 17.0 Å². The van der Waals surface area contributed by atoms with Gasteiger partial charge >= 0.3 is 6.18 Å². The maximum Gasteiger partial charge on any atom is 0.433 e. The molecule has 0 N–H and O–H groups in total. The second-order valence-electron chi connectivity index (χ2n) is 8.49. The molecule has 0 radical (unpaired) electrons. The number of hydrogen-bond acceptors (Lipinski definition) is 9. The summed E-state index contributed by atoms with van der Waals surface area (Å²) in [5.41, 5.74) is 0.858. The van der Waals surface area contributed by atoms with Crippen LogP contribution in [0.4, 0.5) is 18.9 Å². The third-order valence-corrected chi connectivity index (χ3v) is 6.95. The van der Waals surface area contributed by atoms with Crippen molar-refractivity contribution in [2.45, 2.75) is 26.6 Å². The zero-order chi connectivity index (χ0) is 26.8. The maximum atomic E-state index is 13.3. The molecule has 0 aliphatic rings. The lowest BCUT2D eigenvalue weighted by atomic mass is 10.1. The first-order chi connectivity index (χ1) is 18.1. The molecule has 0 unspecified atom stereocenters. The van der Waals surface area contributed by atoms with Crippen molar-refractivity contribution in [1.29, 1.82) is 0 Å². The Bertz CT molecular complexity index is 1890. The van der Waals surface area contributed by atoms with Crippen LogP contribution < -0.4 is 4.74 Å². The number of hydrogen-bond donors (Lipinski definition) is 0. The summed E-state index contributed by atoms with van der Waals surface area (Å²) in [4.78, 5) is 23.5. The van der Waals surface area contributed by atoms with Crippen LogP contribution in [-0.4, -0.2) is 29.5 Å². The topological polar surface area (TPSA) is 121 Å². The highest BCUT2D eigenvalue weighted by molar-refractivity contribution is 7.26. The Morgan fingerprint density at radius 1 is 1.13 bits per heavy atom. The lowest BCUT2D eigenvalue weighted by Crippen LogP contribution is -2.07. The number of halogens is 3. The highest BCUT2D eigenvalue weighted by atomic mass is 32.1. The molecule has 0 amide bonds. The number of fused-ring (bicyclic) bond motifs is 5. The molecule has 5 aromatic heterocycles. The minimum atomic E-state index is -4.56. The Labute approximate surface area is 214 Å². The molecule has 14 heteroatoms. The van der Waals surface area contributed by atoms with Crippen molar-refractivity contribution < 1.29 is 27.2 Å². The van der Waals surface area contributed by atoms with Gasteiger partial charge in [0.2, 0.25) is 5.82 Å². The number of nitro groups is 1. The molecule has 0 aliphatic heterocycles. The molecule has 0 spiro atoms. The van der Waals surface area contributed by atoms with Crippen molar-refractivity contribution >= 4 is 43.1 Å². The van der Waals surface area contributed by atoms with Gasteiger partial charge < -0.3 is 9.15 Å². The molecular weight excluding hydrogens is 525 g/mol. The summed E-state index contributed by atoms with van der Waals surface area (Å²) in [5, 5.41) is 15.9. The molecular formula is C24H15F3N6O4S. The van der Waals surface area contributed by atoms with Crippen LogP contribution in [0.5, 0.6) is 5.75 Å². The third kappa shape index (κ3) is 3.98. The lowest BCUT2D eigenvalue weighted by Gasteiger charge is -2.06. The second-order valence-corrected chi connectivity index (χ2v) is 9.49. The summed E-state index contributed by atoms with van der Waals surface area (Å²) in [6.07, 6.45) is -3.11. The van der Waals surface area contributed by atoms with E-state index in [0.717, 1.165) is 17.4 Å². The average molecular weight is 540 g/mol. The molecule has 0 fully saturated rings. The van der Waals surface area contributed by atoms with Crippen LogP contribution in [0.15, 0.2) is 47.1 Å². The molecule has 6 aromatic rings. The Balaban J connectivity index is 1.31. The number of rotatable bonds is 5. The molecule has 0 aliphatic carbocycles. The van der Waals surface area contributed by atoms with Crippen molar-refractivity contribution in [3.8, 4) is 17.3 Å². The predicted molar refractivity (Wildman–Crippen MR) is 131 cm³/mol. The standard InChI is InChI=1S/C24H15F3N6O4S/c1-11-7-13(3-5-15(11)33(34)35)36-9-14-4-6-16(37-14)21-30-22-20-19(28-10-32(22)31-21)18-12(2)8-17(24(25,26)27)29-23(18)38-20/h3-8,10H,9H2,1-2H3. The molecule has 192 valence electrons. The number of ether oxygens (including phenoxy) is 1. The molecule has 0 saturated heterocycles. The Kier molecular flexibility index (Phi) is 5.31. The molecule has 0 saturated carbocycles. The largest absolute Gasteiger partial charge is 0.486 e. The van der Waals surface area contributed by atoms with Gasteiger partial charge in [0.1, 0.15) is 39.7 Å². The smallest absolute Gasteiger partial charge is 0.433 e. The van der Waals surface area contributed by atoms with Crippen LogP contribution in [0.3, 0.4) is 0 Å². The molecule has 1 aromatic carbocycles. The molecule has 10 nitrogen and oxygen atoms in total. The van der Waals surface area contributed by atoms with E-state index in [-0.39, 0.29) is 22.9 Å². The first kappa shape index (κ1) is 23.8. The number of thiophene rings is 1. The van der Waals surface area contributed by atoms with Crippen LogP contribution in [-0.2, 0) is 12.8 Å². The van der Waals surface area contributed by atoms with Gasteiger partial charge in [-0.1, -0.05) is 0 Å². The van der Waals surface area contributed by atoms with E-state index in [0.29, 0.717) is 49.6 Å². The summed E-state index contributed by atoms with van der Waals surface area (Å²) in [6, 6.07) is 8.84. The summed E-state index contributed by atoms with van der Waals surface area (Å²) in [5.74, 6) is 1.54. The van der Waals surface area contributed by atoms with Gasteiger partial charge in [-0.15, -0.1) is 16.4 Å². The molecule has 38 heavy (non-hydrogen) atoms. The quantitative estimate of drug-likeness (QED) is 0.185. The number of nitrogens with zero attached hydrogens (tertiary/aromatic N) is 6. The van der Waals surface area contributed by atoms with Crippen LogP contribution in [0, 0.1) is 24.0 Å². The normalized spacial score (nSPS) is 12.1. The first-order valence-electron chi connectivity index (χ1n) is 11.1. The fourth-order valence-corrected chi connectivity index (χ4v) is 5.29. The summed E-state index contributed by atoms with van der Waals surface area (Å²) in [7, 11) is 0. The van der Waals surface area contributed by atoms with E-state index < -0.39 is 16.8 Å². The second kappa shape index (κ2) is 8.48. The number of benzene rings is 1. The van der Waals surface area contributed by atoms with Gasteiger partial charge in [-0.3, -0.25) is 10.1 Å². The van der Waals surface area contributed by atoms with Crippen molar-refractivity contribution in [2.75, 3.05) is 0 Å². The van der Waals surface area contributed by atoms with Gasteiger partial charge in [-0.2, -0.15) is 13.2 Å². The number of furan rings is 1. The van der Waals surface area contributed by atoms with Crippen LogP contribution in [0.2, 0.25) is 0 Å². The zero-order valence-corrected chi connectivity index (χ0v) is 20.4. The minimum Gasteiger partial charge on any atom is -0.486 e. The number of nitro benzene ring substituents is 1. The van der Waals surface area contributed by atoms with Gasteiger partial charge in [0.15, 0.2) is 11.4 Å². The molecule has 0 bridgehead atoms. The monoisotopic (exact) mass is 540 g/mol. The number of aromatic nitrogens is 5. The van der Waals surface area contributed by atoms with Gasteiger partial charge in [-0.25, -0.2) is 19.5 Å². The number of alkyl halides is 3. The Hall–Kier alpha value is -4.59. The van der Waals surface area contributed by atoms with Crippen LogP contribution >= 0.6 is 11.3 Å². The minimum absolute atomic E-state index is 0.00419. The maximum absolute atomic E-state index is 13.3. The van der Waals surface area contributed by atoms with Crippen molar-refractivity contribution in [3.63, 3.8) is 0 Å². The summed E-state index contributed by atoms with van der Waals surface area (Å²) < 4.78 is 53.3. The van der Waals surface area contributed by atoms with E-state index in [4.69, 9.17) is 9.15 Å². The van der Waals surface area contributed by atoms with Crippen molar-refractivity contribution in [1.82, 2.24) is 24.6 Å². The lowest BCUT2D eigenvalue weighted by molar-refractivity contribution is -0.385. The van der Waals surface area contributed by atoms with E-state index in [1.165, 1.54) is 23.0 Å². The van der Waals surface area contributed by atoms with E-state index >= 15 is 0 Å². The van der Waals surface area contributed by atoms with Gasteiger partial charge in [-0.05, 0) is 49.7 Å². The van der Waals surface area contributed by atoms with Crippen LogP contribution in [0.25, 0.3) is 37.7 Å². The Morgan fingerprint density at radius 2 is 1.95 bits per heavy atom. The highest BCUT2D eigenvalue weighted by Gasteiger charge is 2.33. The van der Waals surface area contributed by atoms with E-state index in [2.05, 4.69) is 20.1 Å². The van der Waals surface area contributed by atoms with Gasteiger partial charge in [0.25, 0.3) is 5.69 Å². The zero-order valence-electron chi connectivity index (χ0n) is 19.6. The van der Waals surface area contributed by atoms with E-state index in [9.17, 15) is 23.3 Å². The molecule has 6 rings (SSSR count). The van der Waals surface area contributed by atoms with Crippen molar-refractivity contribution in [3.05, 3.63) is 75.4 Å². The van der Waals surface area contributed by atoms with E-state index in [1.54, 1.807) is 32.0 Å². The van der Waals surface area contributed by atoms with Crippen molar-refractivity contribution in [2.24, 2.45) is 0 Å². The number of pyridine rings is 1. The highest BCUT2D eigenvalue weighted by Crippen LogP contribution is 2.38. The first-order valence-corrected chi connectivity index (χ1v) is 11.9. The average Bonchev–Trinajstić information content (AvgIpc) is 3.57. The molecule has 5 heterocycles. The fraction of sp³-hybridized carbons (Fsp3) is 0.167. The molecule has 0 atom stereocenters. The number of aryl methyl sites for hydroxylation is 2. The Morgan fingerprint density at radius 3 is 2.68 bits per heavy atom.